The van der Waals surface area contributed by atoms with Crippen LogP contribution in [0.5, 0.6) is 0 Å². The van der Waals surface area contributed by atoms with E-state index in [0.29, 0.717) is 18.5 Å². The van der Waals surface area contributed by atoms with Gasteiger partial charge in [-0.05, 0) is 23.4 Å². The second kappa shape index (κ2) is 5.28. The van der Waals surface area contributed by atoms with Gasteiger partial charge in [0.2, 0.25) is 5.91 Å². The van der Waals surface area contributed by atoms with Gasteiger partial charge in [-0.2, -0.15) is 5.10 Å². The van der Waals surface area contributed by atoms with Gasteiger partial charge in [0.15, 0.2) is 6.04 Å². The third-order valence-corrected chi connectivity index (χ3v) is 4.61. The van der Waals surface area contributed by atoms with Crippen LogP contribution in [-0.4, -0.2) is 40.0 Å². The molecule has 0 aliphatic carbocycles. The van der Waals surface area contributed by atoms with Crippen LogP contribution in [0.25, 0.3) is 0 Å². The summed E-state index contributed by atoms with van der Waals surface area (Å²) in [6.45, 7) is 0.344. The molecule has 2 aliphatic rings. The first-order chi connectivity index (χ1) is 10.1. The van der Waals surface area contributed by atoms with E-state index in [1.165, 1.54) is 16.2 Å². The van der Waals surface area contributed by atoms with Gasteiger partial charge in [0, 0.05) is 24.3 Å². The standard InChI is InChI=1S/C13H13N3O4S/c17-10-2-1-8(14-15-10)12(18)16-5-3-9-7(4-6-21-9)11(16)13(19)20/h4,6,11H,1-3,5H2,(H,15,17)(H,19,20). The zero-order chi connectivity index (χ0) is 15.0. The van der Waals surface area contributed by atoms with Crippen molar-refractivity contribution in [1.29, 1.82) is 0 Å². The van der Waals surface area contributed by atoms with Crippen LogP contribution < -0.4 is 5.43 Å². The summed E-state index contributed by atoms with van der Waals surface area (Å²) in [5.74, 6) is -1.71. The van der Waals surface area contributed by atoms with Crippen LogP contribution >= 0.6 is 11.3 Å². The number of hydrazone groups is 1. The molecule has 7 nitrogen and oxygen atoms in total. The lowest BCUT2D eigenvalue weighted by molar-refractivity contribution is -0.148. The van der Waals surface area contributed by atoms with Gasteiger partial charge >= 0.3 is 5.97 Å². The Labute approximate surface area is 124 Å². The van der Waals surface area contributed by atoms with Gasteiger partial charge in [-0.3, -0.25) is 9.59 Å². The minimum atomic E-state index is -1.05. The molecule has 110 valence electrons. The molecule has 0 aromatic carbocycles. The smallest absolute Gasteiger partial charge is 0.331 e. The molecule has 0 radical (unpaired) electrons. The topological polar surface area (TPSA) is 99.1 Å². The maximum Gasteiger partial charge on any atom is 0.331 e. The Morgan fingerprint density at radius 2 is 2.19 bits per heavy atom. The van der Waals surface area contributed by atoms with Crippen molar-refractivity contribution >= 4 is 34.8 Å². The first-order valence-electron chi connectivity index (χ1n) is 6.53. The molecule has 0 fully saturated rings. The SMILES string of the molecule is O=C1CCC(C(=O)N2CCc3sccc3C2C(=O)O)=NN1. The highest BCUT2D eigenvalue weighted by Crippen LogP contribution is 2.33. The summed E-state index contributed by atoms with van der Waals surface area (Å²) in [5, 5.41) is 15.1. The van der Waals surface area contributed by atoms with Crippen molar-refractivity contribution in [3.63, 3.8) is 0 Å². The molecule has 3 rings (SSSR count). The number of fused-ring (bicyclic) bond motifs is 1. The van der Waals surface area contributed by atoms with Gasteiger partial charge in [0.1, 0.15) is 5.71 Å². The highest BCUT2D eigenvalue weighted by Gasteiger charge is 2.38. The lowest BCUT2D eigenvalue weighted by Crippen LogP contribution is -2.47. The van der Waals surface area contributed by atoms with E-state index in [-0.39, 0.29) is 24.5 Å². The van der Waals surface area contributed by atoms with Crippen molar-refractivity contribution in [2.24, 2.45) is 5.10 Å². The van der Waals surface area contributed by atoms with E-state index in [9.17, 15) is 19.5 Å². The molecule has 3 heterocycles. The van der Waals surface area contributed by atoms with E-state index < -0.39 is 17.9 Å². The summed E-state index contributed by atoms with van der Waals surface area (Å²) in [6.07, 6.45) is 1.08. The lowest BCUT2D eigenvalue weighted by Gasteiger charge is -2.33. The van der Waals surface area contributed by atoms with Gasteiger partial charge < -0.3 is 10.0 Å². The molecule has 0 spiro atoms. The van der Waals surface area contributed by atoms with Crippen LogP contribution in [0.3, 0.4) is 0 Å². The second-order valence-corrected chi connectivity index (χ2v) is 5.88. The maximum absolute atomic E-state index is 12.5. The van der Waals surface area contributed by atoms with Crippen LogP contribution in [0.15, 0.2) is 16.5 Å². The van der Waals surface area contributed by atoms with Gasteiger partial charge in [-0.25, -0.2) is 10.2 Å². The Balaban J connectivity index is 1.89. The number of hydrogen-bond acceptors (Lipinski definition) is 5. The molecule has 2 amide bonds. The van der Waals surface area contributed by atoms with Crippen molar-refractivity contribution in [2.45, 2.75) is 25.3 Å². The molecular formula is C13H13N3O4S. The maximum atomic E-state index is 12.5. The molecule has 1 unspecified atom stereocenters. The number of nitrogens with one attached hydrogen (secondary N) is 1. The van der Waals surface area contributed by atoms with Crippen molar-refractivity contribution < 1.29 is 19.5 Å². The van der Waals surface area contributed by atoms with Gasteiger partial charge in [0.05, 0.1) is 0 Å². The average molecular weight is 307 g/mol. The fourth-order valence-electron chi connectivity index (χ4n) is 2.60. The van der Waals surface area contributed by atoms with Crippen molar-refractivity contribution in [3.05, 3.63) is 21.9 Å². The third-order valence-electron chi connectivity index (χ3n) is 3.61. The van der Waals surface area contributed by atoms with Gasteiger partial charge in [-0.1, -0.05) is 0 Å². The molecule has 0 saturated carbocycles. The number of thiophene rings is 1. The fourth-order valence-corrected chi connectivity index (χ4v) is 3.50. The van der Waals surface area contributed by atoms with Crippen LogP contribution in [0, 0.1) is 0 Å². The first kappa shape index (κ1) is 13.7. The monoisotopic (exact) mass is 307 g/mol. The summed E-state index contributed by atoms with van der Waals surface area (Å²) in [6, 6.07) is 0.774. The Hall–Kier alpha value is -2.22. The van der Waals surface area contributed by atoms with E-state index >= 15 is 0 Å². The predicted octanol–water partition coefficient (Wildman–Crippen LogP) is 0.524. The third kappa shape index (κ3) is 2.42. The van der Waals surface area contributed by atoms with Crippen LogP contribution in [0.2, 0.25) is 0 Å². The number of amides is 2. The molecule has 0 bridgehead atoms. The zero-order valence-corrected chi connectivity index (χ0v) is 11.9. The van der Waals surface area contributed by atoms with Crippen molar-refractivity contribution in [1.82, 2.24) is 10.3 Å². The van der Waals surface area contributed by atoms with E-state index in [4.69, 9.17) is 0 Å². The van der Waals surface area contributed by atoms with Crippen LogP contribution in [-0.2, 0) is 20.8 Å². The number of carbonyl (C=O) groups excluding carboxylic acids is 2. The largest absolute Gasteiger partial charge is 0.479 e. The Bertz CT molecular complexity index is 652. The number of rotatable bonds is 2. The first-order valence-corrected chi connectivity index (χ1v) is 7.41. The Kier molecular flexibility index (Phi) is 3.46. The zero-order valence-electron chi connectivity index (χ0n) is 11.0. The Morgan fingerprint density at radius 1 is 1.38 bits per heavy atom. The van der Waals surface area contributed by atoms with E-state index in [0.717, 1.165) is 4.88 Å². The summed E-state index contributed by atoms with van der Waals surface area (Å²) < 4.78 is 0. The van der Waals surface area contributed by atoms with Crippen LogP contribution in [0.1, 0.15) is 29.3 Å². The van der Waals surface area contributed by atoms with E-state index in [1.54, 1.807) is 6.07 Å². The summed E-state index contributed by atoms with van der Waals surface area (Å²) in [4.78, 5) is 37.5. The summed E-state index contributed by atoms with van der Waals surface area (Å²) in [7, 11) is 0. The van der Waals surface area contributed by atoms with E-state index in [2.05, 4.69) is 10.5 Å². The minimum absolute atomic E-state index is 0.194. The number of carboxylic acids is 1. The van der Waals surface area contributed by atoms with Crippen molar-refractivity contribution in [2.75, 3.05) is 6.54 Å². The molecule has 21 heavy (non-hydrogen) atoms. The fraction of sp³-hybridized carbons (Fsp3) is 0.385. The molecule has 8 heteroatoms. The number of aliphatic carboxylic acids is 1. The Morgan fingerprint density at radius 3 is 2.86 bits per heavy atom. The number of hydrogen-bond donors (Lipinski definition) is 2. The molecular weight excluding hydrogens is 294 g/mol. The van der Waals surface area contributed by atoms with E-state index in [1.807, 2.05) is 5.38 Å². The lowest BCUT2D eigenvalue weighted by atomic mass is 9.98. The predicted molar refractivity (Wildman–Crippen MR) is 74.9 cm³/mol. The number of nitrogens with zero attached hydrogens (tertiary/aromatic N) is 2. The molecule has 2 aliphatic heterocycles. The molecule has 1 aromatic heterocycles. The van der Waals surface area contributed by atoms with Crippen LogP contribution in [0.4, 0.5) is 0 Å². The van der Waals surface area contributed by atoms with Crippen molar-refractivity contribution in [3.8, 4) is 0 Å². The minimum Gasteiger partial charge on any atom is -0.479 e. The van der Waals surface area contributed by atoms with Gasteiger partial charge in [-0.15, -0.1) is 11.3 Å². The highest BCUT2D eigenvalue weighted by molar-refractivity contribution is 7.10. The second-order valence-electron chi connectivity index (χ2n) is 4.88. The summed E-state index contributed by atoms with van der Waals surface area (Å²) >= 11 is 1.51. The molecule has 0 saturated heterocycles. The average Bonchev–Trinajstić information content (AvgIpc) is 2.94. The number of carboxylic acid groups (broad SMARTS) is 1. The molecule has 1 atom stereocenters. The molecule has 2 N–H and O–H groups in total. The quantitative estimate of drug-likeness (QED) is 0.832. The molecule has 1 aromatic rings. The number of carbonyl (C=O) groups is 3. The van der Waals surface area contributed by atoms with Gasteiger partial charge in [0.25, 0.3) is 5.91 Å². The summed E-state index contributed by atoms with van der Waals surface area (Å²) in [5.41, 5.74) is 3.15. The highest BCUT2D eigenvalue weighted by atomic mass is 32.1. The normalized spacial score (nSPS) is 21.3.